The third kappa shape index (κ3) is 4.21. The summed E-state index contributed by atoms with van der Waals surface area (Å²) in [5, 5.41) is 14.8. The van der Waals surface area contributed by atoms with Gasteiger partial charge in [0.25, 0.3) is 0 Å². The van der Waals surface area contributed by atoms with Crippen LogP contribution >= 0.6 is 11.8 Å². The van der Waals surface area contributed by atoms with Crippen molar-refractivity contribution in [2.75, 3.05) is 11.1 Å². The van der Waals surface area contributed by atoms with Gasteiger partial charge in [-0.3, -0.25) is 9.59 Å². The zero-order valence-corrected chi connectivity index (χ0v) is 13.8. The molecular formula is C16H14N6O2S. The summed E-state index contributed by atoms with van der Waals surface area (Å²) in [6, 6.07) is 15.8. The van der Waals surface area contributed by atoms with E-state index in [4.69, 9.17) is 5.73 Å². The minimum Gasteiger partial charge on any atom is -0.366 e. The van der Waals surface area contributed by atoms with Crippen LogP contribution in [0.25, 0.3) is 5.69 Å². The van der Waals surface area contributed by atoms with Gasteiger partial charge in [0, 0.05) is 11.3 Å². The SMILES string of the molecule is NC(=O)c1ccc(NC(=O)CSc2nnnn2-c2ccccc2)cc1. The summed E-state index contributed by atoms with van der Waals surface area (Å²) in [6.45, 7) is 0. The van der Waals surface area contributed by atoms with Gasteiger partial charge in [-0.1, -0.05) is 30.0 Å². The molecule has 0 bridgehead atoms. The number of nitrogens with zero attached hydrogens (tertiary/aromatic N) is 4. The average Bonchev–Trinajstić information content (AvgIpc) is 3.10. The van der Waals surface area contributed by atoms with Crippen LogP contribution in [-0.4, -0.2) is 37.8 Å². The van der Waals surface area contributed by atoms with Gasteiger partial charge in [0.05, 0.1) is 11.4 Å². The Labute approximate surface area is 147 Å². The second-order valence-electron chi connectivity index (χ2n) is 4.99. The third-order valence-corrected chi connectivity index (χ3v) is 4.15. The van der Waals surface area contributed by atoms with Gasteiger partial charge in [-0.2, -0.15) is 4.68 Å². The van der Waals surface area contributed by atoms with E-state index in [1.54, 1.807) is 28.9 Å². The van der Waals surface area contributed by atoms with Crippen molar-refractivity contribution in [3.05, 3.63) is 60.2 Å². The van der Waals surface area contributed by atoms with Gasteiger partial charge >= 0.3 is 0 Å². The van der Waals surface area contributed by atoms with Crippen LogP contribution < -0.4 is 11.1 Å². The van der Waals surface area contributed by atoms with Crippen LogP contribution in [0.3, 0.4) is 0 Å². The zero-order valence-electron chi connectivity index (χ0n) is 13.0. The molecule has 3 aromatic rings. The number of nitrogens with one attached hydrogen (secondary N) is 1. The van der Waals surface area contributed by atoms with Crippen molar-refractivity contribution >= 4 is 29.3 Å². The molecule has 0 saturated heterocycles. The predicted molar refractivity (Wildman–Crippen MR) is 93.5 cm³/mol. The molecule has 9 heteroatoms. The third-order valence-electron chi connectivity index (χ3n) is 3.23. The van der Waals surface area contributed by atoms with Crippen molar-refractivity contribution in [3.63, 3.8) is 0 Å². The smallest absolute Gasteiger partial charge is 0.248 e. The van der Waals surface area contributed by atoms with Crippen LogP contribution in [0, 0.1) is 0 Å². The number of rotatable bonds is 6. The maximum atomic E-state index is 12.1. The Morgan fingerprint density at radius 3 is 2.48 bits per heavy atom. The van der Waals surface area contributed by atoms with E-state index in [1.807, 2.05) is 30.3 Å². The number of primary amides is 1. The summed E-state index contributed by atoms with van der Waals surface area (Å²) in [6.07, 6.45) is 0. The van der Waals surface area contributed by atoms with E-state index >= 15 is 0 Å². The molecule has 3 N–H and O–H groups in total. The fraction of sp³-hybridized carbons (Fsp3) is 0.0625. The number of nitrogens with two attached hydrogens (primary N) is 1. The van der Waals surface area contributed by atoms with E-state index in [9.17, 15) is 9.59 Å². The molecule has 126 valence electrons. The number of carbonyl (C=O) groups excluding carboxylic acids is 2. The lowest BCUT2D eigenvalue weighted by Crippen LogP contribution is -2.15. The van der Waals surface area contributed by atoms with Crippen molar-refractivity contribution in [1.29, 1.82) is 0 Å². The summed E-state index contributed by atoms with van der Waals surface area (Å²) < 4.78 is 1.57. The first-order chi connectivity index (χ1) is 12.1. The number of benzene rings is 2. The minimum absolute atomic E-state index is 0.144. The second-order valence-corrected chi connectivity index (χ2v) is 5.93. The first kappa shape index (κ1) is 16.7. The zero-order chi connectivity index (χ0) is 17.6. The monoisotopic (exact) mass is 354 g/mol. The van der Waals surface area contributed by atoms with E-state index < -0.39 is 5.91 Å². The first-order valence-electron chi connectivity index (χ1n) is 7.30. The number of hydrogen-bond acceptors (Lipinski definition) is 6. The Kier molecular flexibility index (Phi) is 5.05. The van der Waals surface area contributed by atoms with Gasteiger partial charge < -0.3 is 11.1 Å². The van der Waals surface area contributed by atoms with Crippen LogP contribution in [0.2, 0.25) is 0 Å². The van der Waals surface area contributed by atoms with Crippen molar-refractivity contribution in [2.45, 2.75) is 5.16 Å². The van der Waals surface area contributed by atoms with Crippen LogP contribution in [0.1, 0.15) is 10.4 Å². The van der Waals surface area contributed by atoms with Gasteiger partial charge in [0.2, 0.25) is 17.0 Å². The molecule has 2 amide bonds. The van der Waals surface area contributed by atoms with Crippen molar-refractivity contribution < 1.29 is 9.59 Å². The molecule has 2 aromatic carbocycles. The van der Waals surface area contributed by atoms with E-state index in [2.05, 4.69) is 20.8 Å². The van der Waals surface area contributed by atoms with Gasteiger partial charge in [0.1, 0.15) is 0 Å². The van der Waals surface area contributed by atoms with Gasteiger partial charge in [-0.05, 0) is 46.8 Å². The van der Waals surface area contributed by atoms with E-state index in [-0.39, 0.29) is 11.7 Å². The summed E-state index contributed by atoms with van der Waals surface area (Å²) in [4.78, 5) is 23.1. The number of tetrazole rings is 1. The van der Waals surface area contributed by atoms with Crippen LogP contribution in [0.5, 0.6) is 0 Å². The average molecular weight is 354 g/mol. The predicted octanol–water partition coefficient (Wildman–Crippen LogP) is 1.49. The number of aromatic nitrogens is 4. The Bertz CT molecular complexity index is 879. The quantitative estimate of drug-likeness (QED) is 0.648. The number of amides is 2. The number of thioether (sulfide) groups is 1. The van der Waals surface area contributed by atoms with Gasteiger partial charge in [0.15, 0.2) is 0 Å². The number of carbonyl (C=O) groups is 2. The molecule has 0 unspecified atom stereocenters. The molecule has 0 atom stereocenters. The first-order valence-corrected chi connectivity index (χ1v) is 8.28. The molecule has 0 aliphatic rings. The van der Waals surface area contributed by atoms with E-state index in [1.165, 1.54) is 11.8 Å². The molecule has 0 aliphatic heterocycles. The Morgan fingerprint density at radius 1 is 1.08 bits per heavy atom. The lowest BCUT2D eigenvalue weighted by atomic mass is 10.2. The fourth-order valence-corrected chi connectivity index (χ4v) is 2.74. The summed E-state index contributed by atoms with van der Waals surface area (Å²) >= 11 is 1.22. The Balaban J connectivity index is 1.60. The van der Waals surface area contributed by atoms with Crippen molar-refractivity contribution in [1.82, 2.24) is 20.2 Å². The van der Waals surface area contributed by atoms with Gasteiger partial charge in [-0.15, -0.1) is 5.10 Å². The van der Waals surface area contributed by atoms with Crippen LogP contribution in [0.4, 0.5) is 5.69 Å². The molecule has 25 heavy (non-hydrogen) atoms. The second kappa shape index (κ2) is 7.58. The van der Waals surface area contributed by atoms with Crippen LogP contribution in [0.15, 0.2) is 59.8 Å². The summed E-state index contributed by atoms with van der Waals surface area (Å²) in [5.41, 5.74) is 6.96. The standard InChI is InChI=1S/C16H14N6O2S/c17-15(24)11-6-8-12(9-7-11)18-14(23)10-25-16-19-20-21-22(16)13-4-2-1-3-5-13/h1-9H,10H2,(H2,17,24)(H,18,23). The van der Waals surface area contributed by atoms with Crippen molar-refractivity contribution in [2.24, 2.45) is 5.73 Å². The van der Waals surface area contributed by atoms with Crippen molar-refractivity contribution in [3.8, 4) is 5.69 Å². The highest BCUT2D eigenvalue weighted by atomic mass is 32.2. The highest BCUT2D eigenvalue weighted by Gasteiger charge is 2.11. The lowest BCUT2D eigenvalue weighted by molar-refractivity contribution is -0.113. The molecule has 0 saturated carbocycles. The molecule has 1 aromatic heterocycles. The Hall–Kier alpha value is -3.20. The molecule has 0 spiro atoms. The molecule has 0 fully saturated rings. The maximum absolute atomic E-state index is 12.1. The summed E-state index contributed by atoms with van der Waals surface area (Å²) in [5.74, 6) is -0.578. The molecule has 8 nitrogen and oxygen atoms in total. The highest BCUT2D eigenvalue weighted by Crippen LogP contribution is 2.18. The minimum atomic E-state index is -0.513. The number of para-hydroxylation sites is 1. The lowest BCUT2D eigenvalue weighted by Gasteiger charge is -2.06. The maximum Gasteiger partial charge on any atom is 0.248 e. The Morgan fingerprint density at radius 2 is 1.80 bits per heavy atom. The van der Waals surface area contributed by atoms with E-state index in [0.717, 1.165) is 5.69 Å². The van der Waals surface area contributed by atoms with E-state index in [0.29, 0.717) is 16.4 Å². The molecule has 1 heterocycles. The molecular weight excluding hydrogens is 340 g/mol. The largest absolute Gasteiger partial charge is 0.366 e. The topological polar surface area (TPSA) is 116 Å². The van der Waals surface area contributed by atoms with Gasteiger partial charge in [-0.25, -0.2) is 0 Å². The molecule has 0 aliphatic carbocycles. The molecule has 0 radical (unpaired) electrons. The molecule has 3 rings (SSSR count). The summed E-state index contributed by atoms with van der Waals surface area (Å²) in [7, 11) is 0. The fourth-order valence-electron chi connectivity index (χ4n) is 2.05. The van der Waals surface area contributed by atoms with Crippen LogP contribution in [-0.2, 0) is 4.79 Å². The number of hydrogen-bond donors (Lipinski definition) is 2. The number of anilines is 1. The normalized spacial score (nSPS) is 10.4. The highest BCUT2D eigenvalue weighted by molar-refractivity contribution is 7.99.